The maximum atomic E-state index is 11.2. The van der Waals surface area contributed by atoms with E-state index in [0.717, 1.165) is 5.69 Å². The number of hydrogen-bond acceptors (Lipinski definition) is 3. The van der Waals surface area contributed by atoms with Crippen LogP contribution in [0, 0.1) is 0 Å². The zero-order chi connectivity index (χ0) is 13.1. The molecule has 0 radical (unpaired) electrons. The van der Waals surface area contributed by atoms with Crippen LogP contribution in [-0.2, 0) is 0 Å². The molecule has 4 heteroatoms. The van der Waals surface area contributed by atoms with E-state index in [-0.39, 0.29) is 5.56 Å². The Morgan fingerprint density at radius 3 is 2.44 bits per heavy atom. The van der Waals surface area contributed by atoms with Crippen LogP contribution in [0.25, 0.3) is 0 Å². The Hall–Kier alpha value is -2.49. The van der Waals surface area contributed by atoms with Crippen molar-refractivity contribution in [3.05, 3.63) is 54.1 Å². The second-order valence-electron chi connectivity index (χ2n) is 3.98. The molecule has 2 aromatic rings. The average Bonchev–Trinajstić information content (AvgIpc) is 2.39. The van der Waals surface area contributed by atoms with Crippen molar-refractivity contribution in [2.45, 2.75) is 0 Å². The van der Waals surface area contributed by atoms with Crippen LogP contribution in [0.2, 0.25) is 0 Å². The van der Waals surface area contributed by atoms with Crippen molar-refractivity contribution in [2.75, 3.05) is 17.7 Å². The maximum Gasteiger partial charge on any atom is 0.337 e. The monoisotopic (exact) mass is 242 g/mol. The number of hydrogen-bond donors (Lipinski definition) is 2. The summed E-state index contributed by atoms with van der Waals surface area (Å²) >= 11 is 0. The quantitative estimate of drug-likeness (QED) is 0.812. The Balaban J connectivity index is 2.48. The number of anilines is 3. The van der Waals surface area contributed by atoms with Crippen LogP contribution < -0.4 is 10.6 Å². The van der Waals surface area contributed by atoms with Crippen molar-refractivity contribution in [3.8, 4) is 0 Å². The van der Waals surface area contributed by atoms with Crippen molar-refractivity contribution in [3.63, 3.8) is 0 Å². The third-order valence-corrected chi connectivity index (χ3v) is 2.76. The highest BCUT2D eigenvalue weighted by atomic mass is 16.4. The fourth-order valence-electron chi connectivity index (χ4n) is 1.81. The molecule has 0 aliphatic carbocycles. The van der Waals surface area contributed by atoms with Gasteiger partial charge in [-0.1, -0.05) is 18.2 Å². The van der Waals surface area contributed by atoms with E-state index in [4.69, 9.17) is 5.73 Å². The van der Waals surface area contributed by atoms with Gasteiger partial charge in [0.2, 0.25) is 0 Å². The van der Waals surface area contributed by atoms with Crippen LogP contribution in [-0.4, -0.2) is 18.1 Å². The molecule has 0 heterocycles. The van der Waals surface area contributed by atoms with Gasteiger partial charge in [0.1, 0.15) is 0 Å². The van der Waals surface area contributed by atoms with Gasteiger partial charge in [0.25, 0.3) is 0 Å². The van der Waals surface area contributed by atoms with Crippen LogP contribution in [0.4, 0.5) is 17.1 Å². The number of carboxylic acids is 1. The predicted octanol–water partition coefficient (Wildman–Crippen LogP) is 2.73. The van der Waals surface area contributed by atoms with Crippen LogP contribution in [0.1, 0.15) is 10.4 Å². The minimum absolute atomic E-state index is 0.196. The van der Waals surface area contributed by atoms with Gasteiger partial charge >= 0.3 is 5.97 Å². The van der Waals surface area contributed by atoms with Gasteiger partial charge in [-0.05, 0) is 30.3 Å². The number of nitrogens with two attached hydrogens (primary N) is 1. The minimum Gasteiger partial charge on any atom is -0.478 e. The van der Waals surface area contributed by atoms with E-state index < -0.39 is 5.97 Å². The number of para-hydroxylation sites is 1. The molecule has 0 aliphatic heterocycles. The van der Waals surface area contributed by atoms with Crippen LogP contribution in [0.3, 0.4) is 0 Å². The molecular formula is C14H14N2O2. The molecule has 0 unspecified atom stereocenters. The molecule has 2 aromatic carbocycles. The molecule has 0 bridgehead atoms. The van der Waals surface area contributed by atoms with Gasteiger partial charge in [0.05, 0.1) is 11.3 Å². The Labute approximate surface area is 105 Å². The molecule has 0 saturated carbocycles. The summed E-state index contributed by atoms with van der Waals surface area (Å²) in [6.45, 7) is 0. The molecule has 0 aromatic heterocycles. The van der Waals surface area contributed by atoms with E-state index in [1.165, 1.54) is 6.07 Å². The number of carbonyl (C=O) groups is 1. The molecule has 0 amide bonds. The highest BCUT2D eigenvalue weighted by molar-refractivity contribution is 5.96. The highest BCUT2D eigenvalue weighted by Gasteiger charge is 2.14. The fourth-order valence-corrected chi connectivity index (χ4v) is 1.81. The van der Waals surface area contributed by atoms with Crippen molar-refractivity contribution in [1.29, 1.82) is 0 Å². The fraction of sp³-hybridized carbons (Fsp3) is 0.0714. The third kappa shape index (κ3) is 2.27. The minimum atomic E-state index is -0.986. The third-order valence-electron chi connectivity index (χ3n) is 2.76. The molecule has 92 valence electrons. The first-order valence-electron chi connectivity index (χ1n) is 5.51. The Morgan fingerprint density at radius 1 is 1.17 bits per heavy atom. The van der Waals surface area contributed by atoms with Crippen LogP contribution in [0.15, 0.2) is 48.5 Å². The molecule has 0 atom stereocenters. The van der Waals surface area contributed by atoms with Gasteiger partial charge in [-0.25, -0.2) is 4.79 Å². The van der Waals surface area contributed by atoms with Crippen molar-refractivity contribution in [1.82, 2.24) is 0 Å². The topological polar surface area (TPSA) is 66.6 Å². The van der Waals surface area contributed by atoms with Crippen LogP contribution >= 0.6 is 0 Å². The zero-order valence-corrected chi connectivity index (χ0v) is 10.00. The number of aromatic carboxylic acids is 1. The molecule has 3 N–H and O–H groups in total. The number of nitrogen functional groups attached to an aromatic ring is 1. The lowest BCUT2D eigenvalue weighted by Crippen LogP contribution is -2.14. The molecule has 18 heavy (non-hydrogen) atoms. The molecule has 0 aliphatic rings. The summed E-state index contributed by atoms with van der Waals surface area (Å²) in [6, 6.07) is 14.4. The first-order chi connectivity index (χ1) is 8.59. The second-order valence-corrected chi connectivity index (χ2v) is 3.98. The molecule has 0 saturated heterocycles. The SMILES string of the molecule is CN(c1ccccc1)c1ccc(N)cc1C(=O)O. The number of carboxylic acid groups (broad SMARTS) is 1. The second kappa shape index (κ2) is 4.79. The summed E-state index contributed by atoms with van der Waals surface area (Å²) in [5, 5.41) is 9.20. The normalized spacial score (nSPS) is 10.1. The van der Waals surface area contributed by atoms with E-state index in [1.807, 2.05) is 42.3 Å². The van der Waals surface area contributed by atoms with Gasteiger partial charge in [-0.15, -0.1) is 0 Å². The standard InChI is InChI=1S/C14H14N2O2/c1-16(11-5-3-2-4-6-11)13-8-7-10(15)9-12(13)14(17)18/h2-9H,15H2,1H3,(H,17,18). The zero-order valence-electron chi connectivity index (χ0n) is 10.00. The summed E-state index contributed by atoms with van der Waals surface area (Å²) in [6.07, 6.45) is 0. The first kappa shape index (κ1) is 12.0. The van der Waals surface area contributed by atoms with Crippen molar-refractivity contribution in [2.24, 2.45) is 0 Å². The highest BCUT2D eigenvalue weighted by Crippen LogP contribution is 2.28. The summed E-state index contributed by atoms with van der Waals surface area (Å²) in [5.41, 5.74) is 7.80. The smallest absolute Gasteiger partial charge is 0.337 e. The van der Waals surface area contributed by atoms with Gasteiger partial charge in [-0.2, -0.15) is 0 Å². The Kier molecular flexibility index (Phi) is 3.19. The summed E-state index contributed by atoms with van der Waals surface area (Å²) in [5.74, 6) is -0.986. The summed E-state index contributed by atoms with van der Waals surface area (Å²) in [4.78, 5) is 13.0. The van der Waals surface area contributed by atoms with Gasteiger partial charge in [0.15, 0.2) is 0 Å². The van der Waals surface area contributed by atoms with Gasteiger partial charge < -0.3 is 15.7 Å². The van der Waals surface area contributed by atoms with E-state index in [0.29, 0.717) is 11.4 Å². The summed E-state index contributed by atoms with van der Waals surface area (Å²) in [7, 11) is 1.83. The van der Waals surface area contributed by atoms with Gasteiger partial charge in [-0.3, -0.25) is 0 Å². The maximum absolute atomic E-state index is 11.2. The van der Waals surface area contributed by atoms with E-state index >= 15 is 0 Å². The average molecular weight is 242 g/mol. The van der Waals surface area contributed by atoms with Gasteiger partial charge in [0, 0.05) is 18.4 Å². The summed E-state index contributed by atoms with van der Waals surface area (Å²) < 4.78 is 0. The Bertz CT molecular complexity index is 567. The van der Waals surface area contributed by atoms with E-state index in [1.54, 1.807) is 12.1 Å². The molecular weight excluding hydrogens is 228 g/mol. The number of rotatable bonds is 3. The number of benzene rings is 2. The molecule has 4 nitrogen and oxygen atoms in total. The molecule has 0 fully saturated rings. The van der Waals surface area contributed by atoms with Crippen molar-refractivity contribution < 1.29 is 9.90 Å². The predicted molar refractivity (Wildman–Crippen MR) is 72.3 cm³/mol. The lowest BCUT2D eigenvalue weighted by atomic mass is 10.1. The van der Waals surface area contributed by atoms with E-state index in [9.17, 15) is 9.90 Å². The van der Waals surface area contributed by atoms with Crippen LogP contribution in [0.5, 0.6) is 0 Å². The largest absolute Gasteiger partial charge is 0.478 e. The molecule has 2 rings (SSSR count). The lowest BCUT2D eigenvalue weighted by Gasteiger charge is -2.21. The number of nitrogens with zero attached hydrogens (tertiary/aromatic N) is 1. The van der Waals surface area contributed by atoms with E-state index in [2.05, 4.69) is 0 Å². The van der Waals surface area contributed by atoms with Crippen molar-refractivity contribution >= 4 is 23.0 Å². The first-order valence-corrected chi connectivity index (χ1v) is 5.51. The Morgan fingerprint density at radius 2 is 1.83 bits per heavy atom. The lowest BCUT2D eigenvalue weighted by molar-refractivity contribution is 0.0698. The molecule has 0 spiro atoms.